The van der Waals surface area contributed by atoms with Gasteiger partial charge in [-0.25, -0.2) is 8.42 Å². The molecule has 1 aromatic carbocycles. The molecular formula is C12H17NO4S. The maximum Gasteiger partial charge on any atom is 0.243 e. The van der Waals surface area contributed by atoms with E-state index < -0.39 is 10.0 Å². The first-order chi connectivity index (χ1) is 8.48. The van der Waals surface area contributed by atoms with Crippen molar-refractivity contribution in [3.63, 3.8) is 0 Å². The second-order valence-electron chi connectivity index (χ2n) is 4.50. The summed E-state index contributed by atoms with van der Waals surface area (Å²) in [4.78, 5) is 0.275. The van der Waals surface area contributed by atoms with E-state index >= 15 is 0 Å². The fourth-order valence-electron chi connectivity index (χ4n) is 1.99. The summed E-state index contributed by atoms with van der Waals surface area (Å²) >= 11 is 0. The smallest absolute Gasteiger partial charge is 0.243 e. The molecule has 0 spiro atoms. The Morgan fingerprint density at radius 3 is 2.61 bits per heavy atom. The van der Waals surface area contributed by atoms with Crippen LogP contribution in [0.3, 0.4) is 0 Å². The van der Waals surface area contributed by atoms with Crippen molar-refractivity contribution in [1.29, 1.82) is 0 Å². The number of methoxy groups -OCH3 is 1. The highest BCUT2D eigenvalue weighted by molar-refractivity contribution is 7.89. The largest absolute Gasteiger partial charge is 0.496 e. The van der Waals surface area contributed by atoms with Crippen LogP contribution in [-0.2, 0) is 10.0 Å². The molecular weight excluding hydrogens is 254 g/mol. The molecule has 100 valence electrons. The summed E-state index contributed by atoms with van der Waals surface area (Å²) in [6, 6.07) is 4.82. The Kier molecular flexibility index (Phi) is 3.61. The molecule has 0 radical (unpaired) electrons. The van der Waals surface area contributed by atoms with Crippen molar-refractivity contribution in [2.45, 2.75) is 11.8 Å². The Balaban J connectivity index is 2.23. The molecule has 1 saturated heterocycles. The van der Waals surface area contributed by atoms with Crippen molar-refractivity contribution in [2.75, 3.05) is 26.8 Å². The average molecular weight is 271 g/mol. The molecule has 1 aliphatic rings. The van der Waals surface area contributed by atoms with Gasteiger partial charge in [0, 0.05) is 25.6 Å². The summed E-state index contributed by atoms with van der Waals surface area (Å²) in [5.74, 6) is 0.741. The standard InChI is InChI=1S/C12H17NO4S/c1-9-5-11(3-4-12(9)17-2)18(15,16)13-6-10(7-13)8-14/h3-5,10,14H,6-8H2,1-2H3. The fourth-order valence-corrected chi connectivity index (χ4v) is 3.67. The van der Waals surface area contributed by atoms with Gasteiger partial charge in [0.05, 0.1) is 12.0 Å². The number of hydrogen-bond acceptors (Lipinski definition) is 4. The Hall–Kier alpha value is -1.11. The van der Waals surface area contributed by atoms with E-state index in [1.165, 1.54) is 4.31 Å². The van der Waals surface area contributed by atoms with E-state index in [9.17, 15) is 8.42 Å². The lowest BCUT2D eigenvalue weighted by atomic mass is 10.1. The number of ether oxygens (including phenoxy) is 1. The lowest BCUT2D eigenvalue weighted by Gasteiger charge is -2.36. The van der Waals surface area contributed by atoms with Crippen LogP contribution in [0.5, 0.6) is 5.75 Å². The minimum absolute atomic E-state index is 0.0354. The molecule has 0 saturated carbocycles. The van der Waals surface area contributed by atoms with Crippen LogP contribution in [0.4, 0.5) is 0 Å². The third kappa shape index (κ3) is 2.23. The van der Waals surface area contributed by atoms with Crippen molar-refractivity contribution in [1.82, 2.24) is 4.31 Å². The van der Waals surface area contributed by atoms with Crippen LogP contribution >= 0.6 is 0 Å². The molecule has 1 N–H and O–H groups in total. The molecule has 0 aromatic heterocycles. The minimum Gasteiger partial charge on any atom is -0.496 e. The highest BCUT2D eigenvalue weighted by Crippen LogP contribution is 2.27. The van der Waals surface area contributed by atoms with E-state index in [0.717, 1.165) is 5.56 Å². The van der Waals surface area contributed by atoms with Gasteiger partial charge in [0.2, 0.25) is 10.0 Å². The molecule has 0 amide bonds. The third-order valence-electron chi connectivity index (χ3n) is 3.19. The van der Waals surface area contributed by atoms with Crippen LogP contribution in [-0.4, -0.2) is 44.6 Å². The number of hydrogen-bond donors (Lipinski definition) is 1. The third-order valence-corrected chi connectivity index (χ3v) is 5.01. The Labute approximate surface area is 107 Å². The first-order valence-corrected chi connectivity index (χ1v) is 7.18. The quantitative estimate of drug-likeness (QED) is 0.871. The molecule has 1 fully saturated rings. The molecule has 1 aliphatic heterocycles. The predicted octanol–water partition coefficient (Wildman–Crippen LogP) is 0.616. The number of aliphatic hydroxyl groups excluding tert-OH is 1. The predicted molar refractivity (Wildman–Crippen MR) is 67.1 cm³/mol. The van der Waals surface area contributed by atoms with E-state index in [1.54, 1.807) is 25.3 Å². The first-order valence-electron chi connectivity index (χ1n) is 5.74. The van der Waals surface area contributed by atoms with Gasteiger partial charge in [-0.05, 0) is 30.7 Å². The van der Waals surface area contributed by atoms with Gasteiger partial charge in [-0.2, -0.15) is 4.31 Å². The second kappa shape index (κ2) is 4.87. The van der Waals surface area contributed by atoms with Gasteiger partial charge in [0.25, 0.3) is 0 Å². The van der Waals surface area contributed by atoms with Gasteiger partial charge >= 0.3 is 0 Å². The number of rotatable bonds is 4. The van der Waals surface area contributed by atoms with Gasteiger partial charge < -0.3 is 9.84 Å². The van der Waals surface area contributed by atoms with Crippen molar-refractivity contribution in [3.8, 4) is 5.75 Å². The Morgan fingerprint density at radius 1 is 1.44 bits per heavy atom. The van der Waals surface area contributed by atoms with E-state index in [2.05, 4.69) is 0 Å². The zero-order chi connectivity index (χ0) is 13.3. The van der Waals surface area contributed by atoms with Crippen LogP contribution < -0.4 is 4.74 Å². The number of nitrogens with zero attached hydrogens (tertiary/aromatic N) is 1. The molecule has 5 nitrogen and oxygen atoms in total. The molecule has 6 heteroatoms. The highest BCUT2D eigenvalue weighted by atomic mass is 32.2. The molecule has 0 bridgehead atoms. The van der Waals surface area contributed by atoms with Crippen molar-refractivity contribution in [2.24, 2.45) is 5.92 Å². The molecule has 0 unspecified atom stereocenters. The summed E-state index contributed by atoms with van der Waals surface area (Å²) < 4.78 is 31.0. The SMILES string of the molecule is COc1ccc(S(=O)(=O)N2CC(CO)C2)cc1C. The average Bonchev–Trinajstić information content (AvgIpc) is 2.27. The molecule has 1 heterocycles. The Morgan fingerprint density at radius 2 is 2.11 bits per heavy atom. The fraction of sp³-hybridized carbons (Fsp3) is 0.500. The van der Waals surface area contributed by atoms with Crippen LogP contribution in [0.25, 0.3) is 0 Å². The summed E-state index contributed by atoms with van der Waals surface area (Å²) in [5.41, 5.74) is 0.790. The number of sulfonamides is 1. The van der Waals surface area contributed by atoms with Crippen LogP contribution in [0.1, 0.15) is 5.56 Å². The summed E-state index contributed by atoms with van der Waals surface area (Å²) in [5, 5.41) is 8.91. The lowest BCUT2D eigenvalue weighted by molar-refractivity contribution is 0.117. The van der Waals surface area contributed by atoms with Crippen molar-refractivity contribution >= 4 is 10.0 Å². The summed E-state index contributed by atoms with van der Waals surface area (Å²) in [6.07, 6.45) is 0. The van der Waals surface area contributed by atoms with Crippen LogP contribution in [0, 0.1) is 12.8 Å². The Bertz CT molecular complexity index is 535. The van der Waals surface area contributed by atoms with E-state index in [4.69, 9.17) is 9.84 Å². The molecule has 18 heavy (non-hydrogen) atoms. The van der Waals surface area contributed by atoms with Gasteiger partial charge in [0.1, 0.15) is 5.75 Å². The van der Waals surface area contributed by atoms with Gasteiger partial charge in [0.15, 0.2) is 0 Å². The van der Waals surface area contributed by atoms with Crippen LogP contribution in [0.15, 0.2) is 23.1 Å². The molecule has 2 rings (SSSR count). The van der Waals surface area contributed by atoms with E-state index in [1.807, 2.05) is 6.92 Å². The maximum absolute atomic E-state index is 12.2. The maximum atomic E-state index is 12.2. The van der Waals surface area contributed by atoms with E-state index in [0.29, 0.717) is 18.8 Å². The normalized spacial score (nSPS) is 17.5. The zero-order valence-corrected chi connectivity index (χ0v) is 11.3. The lowest BCUT2D eigenvalue weighted by Crippen LogP contribution is -2.51. The van der Waals surface area contributed by atoms with Gasteiger partial charge in [-0.15, -0.1) is 0 Å². The van der Waals surface area contributed by atoms with Crippen LogP contribution in [0.2, 0.25) is 0 Å². The number of aryl methyl sites for hydroxylation is 1. The molecule has 1 aromatic rings. The monoisotopic (exact) mass is 271 g/mol. The first kappa shape index (κ1) is 13.3. The molecule has 0 atom stereocenters. The minimum atomic E-state index is -3.43. The topological polar surface area (TPSA) is 66.8 Å². The second-order valence-corrected chi connectivity index (χ2v) is 6.44. The molecule has 0 aliphatic carbocycles. The number of aliphatic hydroxyl groups is 1. The van der Waals surface area contributed by atoms with Gasteiger partial charge in [-0.1, -0.05) is 0 Å². The van der Waals surface area contributed by atoms with E-state index in [-0.39, 0.29) is 17.4 Å². The number of benzene rings is 1. The van der Waals surface area contributed by atoms with Crippen molar-refractivity contribution in [3.05, 3.63) is 23.8 Å². The van der Waals surface area contributed by atoms with Gasteiger partial charge in [-0.3, -0.25) is 0 Å². The highest BCUT2D eigenvalue weighted by Gasteiger charge is 2.36. The summed E-state index contributed by atoms with van der Waals surface area (Å²) in [6.45, 7) is 2.63. The van der Waals surface area contributed by atoms with Crippen molar-refractivity contribution < 1.29 is 18.3 Å². The zero-order valence-electron chi connectivity index (χ0n) is 10.5. The summed E-state index contributed by atoms with van der Waals surface area (Å²) in [7, 11) is -1.87.